The van der Waals surface area contributed by atoms with Gasteiger partial charge in [0, 0.05) is 23.5 Å². The summed E-state index contributed by atoms with van der Waals surface area (Å²) in [5, 5.41) is 2.01. The van der Waals surface area contributed by atoms with Crippen molar-refractivity contribution >= 4 is 23.2 Å². The van der Waals surface area contributed by atoms with Gasteiger partial charge < -0.3 is 14.5 Å². The van der Waals surface area contributed by atoms with Crippen molar-refractivity contribution in [3.05, 3.63) is 87.6 Å². The van der Waals surface area contributed by atoms with Crippen molar-refractivity contribution in [2.75, 3.05) is 26.2 Å². The number of ether oxygens (including phenoxy) is 1. The van der Waals surface area contributed by atoms with Crippen LogP contribution in [-0.4, -0.2) is 47.9 Å². The third-order valence-corrected chi connectivity index (χ3v) is 7.49. The molecule has 5 rings (SSSR count). The average Bonchev–Trinajstić information content (AvgIpc) is 3.54. The number of halogens is 2. The lowest BCUT2D eigenvalue weighted by molar-refractivity contribution is -0.135. The van der Waals surface area contributed by atoms with Crippen LogP contribution in [0.1, 0.15) is 39.7 Å². The minimum atomic E-state index is -0.479. The molecule has 0 bridgehead atoms. The molecule has 1 fully saturated rings. The van der Waals surface area contributed by atoms with E-state index in [0.29, 0.717) is 24.8 Å². The van der Waals surface area contributed by atoms with Gasteiger partial charge in [0.05, 0.1) is 6.04 Å². The number of thiophene rings is 1. The molecule has 35 heavy (non-hydrogen) atoms. The molecule has 182 valence electrons. The van der Waals surface area contributed by atoms with Crippen LogP contribution in [0.4, 0.5) is 8.78 Å². The maximum atomic E-state index is 13.7. The lowest BCUT2D eigenvalue weighted by Crippen LogP contribution is -2.48. The molecule has 0 N–H and O–H groups in total. The van der Waals surface area contributed by atoms with Gasteiger partial charge in [0.15, 0.2) is 0 Å². The molecule has 1 saturated carbocycles. The van der Waals surface area contributed by atoms with E-state index in [1.807, 2.05) is 11.4 Å². The van der Waals surface area contributed by atoms with Crippen LogP contribution >= 0.6 is 11.3 Å². The smallest absolute Gasteiger partial charge is 0.254 e. The molecule has 2 aromatic carbocycles. The molecule has 1 atom stereocenters. The van der Waals surface area contributed by atoms with E-state index in [0.717, 1.165) is 24.8 Å². The Balaban J connectivity index is 1.34. The normalized spacial score (nSPS) is 17.1. The van der Waals surface area contributed by atoms with Crippen LogP contribution in [-0.2, 0) is 11.2 Å². The predicted molar refractivity (Wildman–Crippen MR) is 129 cm³/mol. The number of fused-ring (bicyclic) bond motifs is 1. The topological polar surface area (TPSA) is 49.9 Å². The van der Waals surface area contributed by atoms with Crippen LogP contribution in [0.3, 0.4) is 0 Å². The van der Waals surface area contributed by atoms with Crippen molar-refractivity contribution in [3.8, 4) is 5.75 Å². The third kappa shape index (κ3) is 5.53. The summed E-state index contributed by atoms with van der Waals surface area (Å²) in [6.45, 7) is 1.16. The summed E-state index contributed by atoms with van der Waals surface area (Å²) >= 11 is 1.66. The van der Waals surface area contributed by atoms with Crippen LogP contribution in [0.25, 0.3) is 0 Å². The van der Waals surface area contributed by atoms with E-state index in [2.05, 4.69) is 0 Å². The SMILES string of the molecule is O=C(c1cccc(F)c1)N(CC(=O)N1CCc2sccc2C1COc1ccc(F)cc1)CC1CC1. The zero-order valence-corrected chi connectivity index (χ0v) is 20.0. The van der Waals surface area contributed by atoms with E-state index >= 15 is 0 Å². The third-order valence-electron chi connectivity index (χ3n) is 6.50. The highest BCUT2D eigenvalue weighted by molar-refractivity contribution is 7.10. The van der Waals surface area contributed by atoms with Crippen LogP contribution in [0.5, 0.6) is 5.75 Å². The number of carbonyl (C=O) groups is 2. The van der Waals surface area contributed by atoms with Gasteiger partial charge in [-0.05, 0) is 84.7 Å². The molecule has 8 heteroatoms. The van der Waals surface area contributed by atoms with Crippen LogP contribution in [0, 0.1) is 17.6 Å². The van der Waals surface area contributed by atoms with E-state index in [1.54, 1.807) is 39.3 Å². The summed E-state index contributed by atoms with van der Waals surface area (Å²) < 4.78 is 33.0. The van der Waals surface area contributed by atoms with Gasteiger partial charge in [-0.25, -0.2) is 8.78 Å². The molecule has 1 aliphatic heterocycles. The Hall–Kier alpha value is -3.26. The molecular formula is C27H26F2N2O3S. The van der Waals surface area contributed by atoms with Crippen molar-refractivity contribution in [2.45, 2.75) is 25.3 Å². The fourth-order valence-electron chi connectivity index (χ4n) is 4.47. The highest BCUT2D eigenvalue weighted by atomic mass is 32.1. The van der Waals surface area contributed by atoms with Crippen molar-refractivity contribution in [2.24, 2.45) is 5.92 Å². The van der Waals surface area contributed by atoms with E-state index in [1.165, 1.54) is 35.2 Å². The molecular weight excluding hydrogens is 470 g/mol. The fourth-order valence-corrected chi connectivity index (χ4v) is 5.40. The minimum Gasteiger partial charge on any atom is -0.491 e. The first-order valence-electron chi connectivity index (χ1n) is 11.8. The quantitative estimate of drug-likeness (QED) is 0.437. The number of hydrogen-bond donors (Lipinski definition) is 0. The Morgan fingerprint density at radius 2 is 1.86 bits per heavy atom. The second-order valence-corrected chi connectivity index (χ2v) is 10.1. The van der Waals surface area contributed by atoms with Gasteiger partial charge in [-0.15, -0.1) is 11.3 Å². The Morgan fingerprint density at radius 3 is 2.60 bits per heavy atom. The lowest BCUT2D eigenvalue weighted by Gasteiger charge is -2.37. The number of rotatable bonds is 8. The highest BCUT2D eigenvalue weighted by Crippen LogP contribution is 2.35. The van der Waals surface area contributed by atoms with Crippen molar-refractivity contribution in [1.82, 2.24) is 9.80 Å². The molecule has 0 spiro atoms. The van der Waals surface area contributed by atoms with Crippen molar-refractivity contribution in [1.29, 1.82) is 0 Å². The Kier molecular flexibility index (Phi) is 6.81. The molecule has 1 aliphatic carbocycles. The second kappa shape index (κ2) is 10.2. The Morgan fingerprint density at radius 1 is 1.06 bits per heavy atom. The van der Waals surface area contributed by atoms with Gasteiger partial charge >= 0.3 is 0 Å². The summed E-state index contributed by atoms with van der Waals surface area (Å²) in [6, 6.07) is 13.1. The first-order valence-corrected chi connectivity index (χ1v) is 12.6. The summed E-state index contributed by atoms with van der Waals surface area (Å²) in [6.07, 6.45) is 2.79. The number of hydrogen-bond acceptors (Lipinski definition) is 4. The van der Waals surface area contributed by atoms with Gasteiger partial charge in [0.2, 0.25) is 5.91 Å². The van der Waals surface area contributed by atoms with E-state index in [-0.39, 0.29) is 42.4 Å². The van der Waals surface area contributed by atoms with Crippen LogP contribution in [0.2, 0.25) is 0 Å². The molecule has 5 nitrogen and oxygen atoms in total. The minimum absolute atomic E-state index is 0.0711. The molecule has 1 aromatic heterocycles. The van der Waals surface area contributed by atoms with Crippen LogP contribution < -0.4 is 4.74 Å². The predicted octanol–water partition coefficient (Wildman–Crippen LogP) is 5.08. The monoisotopic (exact) mass is 496 g/mol. The highest BCUT2D eigenvalue weighted by Gasteiger charge is 2.35. The zero-order chi connectivity index (χ0) is 24.4. The van der Waals surface area contributed by atoms with Gasteiger partial charge in [0.1, 0.15) is 30.5 Å². The Bertz CT molecular complexity index is 1210. The summed E-state index contributed by atoms with van der Waals surface area (Å²) in [7, 11) is 0. The molecule has 2 heterocycles. The molecule has 0 radical (unpaired) electrons. The summed E-state index contributed by atoms with van der Waals surface area (Å²) in [4.78, 5) is 31.3. The van der Waals surface area contributed by atoms with Crippen molar-refractivity contribution in [3.63, 3.8) is 0 Å². The van der Waals surface area contributed by atoms with E-state index in [4.69, 9.17) is 4.74 Å². The second-order valence-electron chi connectivity index (χ2n) is 9.06. The Labute approximate surface area is 206 Å². The molecule has 1 unspecified atom stereocenters. The zero-order valence-electron chi connectivity index (χ0n) is 19.2. The summed E-state index contributed by atoms with van der Waals surface area (Å²) in [5.41, 5.74) is 1.29. The van der Waals surface area contributed by atoms with Gasteiger partial charge in [0.25, 0.3) is 5.91 Å². The fraction of sp³-hybridized carbons (Fsp3) is 0.333. The molecule has 3 aromatic rings. The van der Waals surface area contributed by atoms with E-state index < -0.39 is 5.82 Å². The number of benzene rings is 2. The molecule has 2 aliphatic rings. The van der Waals surface area contributed by atoms with E-state index in [9.17, 15) is 18.4 Å². The first kappa shape index (κ1) is 23.5. The van der Waals surface area contributed by atoms with Gasteiger partial charge in [-0.2, -0.15) is 0 Å². The maximum Gasteiger partial charge on any atom is 0.254 e. The van der Waals surface area contributed by atoms with Gasteiger partial charge in [-0.1, -0.05) is 6.07 Å². The largest absolute Gasteiger partial charge is 0.491 e. The standard InChI is InChI=1S/C27H26F2N2O3S/c28-20-6-8-22(9-7-20)34-17-24-23-11-13-35-25(23)10-12-31(24)26(32)16-30(15-18-4-5-18)27(33)19-2-1-3-21(29)14-19/h1-3,6-9,11,13-14,18,24H,4-5,10,12,15-17H2. The number of amides is 2. The average molecular weight is 497 g/mol. The maximum absolute atomic E-state index is 13.7. The van der Waals surface area contributed by atoms with Gasteiger partial charge in [-0.3, -0.25) is 9.59 Å². The van der Waals surface area contributed by atoms with Crippen molar-refractivity contribution < 1.29 is 23.1 Å². The summed E-state index contributed by atoms with van der Waals surface area (Å²) in [5.74, 6) is -0.421. The number of nitrogens with zero attached hydrogens (tertiary/aromatic N) is 2. The van der Waals surface area contributed by atoms with Crippen LogP contribution in [0.15, 0.2) is 60.0 Å². The molecule has 2 amide bonds. The molecule has 0 saturated heterocycles. The first-order chi connectivity index (χ1) is 17.0. The lowest BCUT2D eigenvalue weighted by atomic mass is 10.0. The number of carbonyl (C=O) groups excluding carboxylic acids is 2.